The minimum atomic E-state index is -0.0750. The van der Waals surface area contributed by atoms with E-state index in [-0.39, 0.29) is 6.10 Å². The number of nitrogens with zero attached hydrogens (tertiary/aromatic N) is 2. The van der Waals surface area contributed by atoms with Gasteiger partial charge in [0.1, 0.15) is 6.10 Å². The first-order valence-electron chi connectivity index (χ1n) is 6.92. The third kappa shape index (κ3) is 3.81. The zero-order valence-corrected chi connectivity index (χ0v) is 12.0. The quantitative estimate of drug-likeness (QED) is 0.786. The molecular formula is C15H21N3O2. The molecular weight excluding hydrogens is 254 g/mol. The van der Waals surface area contributed by atoms with Crippen LogP contribution in [0.1, 0.15) is 43.1 Å². The van der Waals surface area contributed by atoms with Crippen LogP contribution in [0.15, 0.2) is 28.8 Å². The first-order chi connectivity index (χ1) is 9.72. The molecule has 20 heavy (non-hydrogen) atoms. The molecule has 0 aliphatic carbocycles. The van der Waals surface area contributed by atoms with Crippen molar-refractivity contribution in [3.05, 3.63) is 41.5 Å². The maximum absolute atomic E-state index is 5.66. The zero-order chi connectivity index (χ0) is 14.4. The number of aryl methyl sites for hydroxylation is 2. The molecule has 5 nitrogen and oxygen atoms in total. The van der Waals surface area contributed by atoms with Crippen LogP contribution in [0.4, 0.5) is 5.69 Å². The van der Waals surface area contributed by atoms with Gasteiger partial charge in [0, 0.05) is 19.2 Å². The molecule has 2 rings (SSSR count). The summed E-state index contributed by atoms with van der Waals surface area (Å²) < 4.78 is 10.6. The fraction of sp³-hybridized carbons (Fsp3) is 0.467. The Hall–Kier alpha value is -1.88. The van der Waals surface area contributed by atoms with Gasteiger partial charge < -0.3 is 15.0 Å². The van der Waals surface area contributed by atoms with Crippen molar-refractivity contribution in [1.82, 2.24) is 10.1 Å². The molecule has 1 aromatic carbocycles. The van der Waals surface area contributed by atoms with Crippen molar-refractivity contribution < 1.29 is 9.26 Å². The largest absolute Gasteiger partial charge is 0.399 e. The lowest BCUT2D eigenvalue weighted by atomic mass is 10.1. The van der Waals surface area contributed by atoms with Gasteiger partial charge in [0.25, 0.3) is 0 Å². The minimum absolute atomic E-state index is 0.0750. The van der Waals surface area contributed by atoms with Crippen LogP contribution < -0.4 is 5.73 Å². The van der Waals surface area contributed by atoms with Crippen molar-refractivity contribution in [2.45, 2.75) is 38.7 Å². The van der Waals surface area contributed by atoms with Gasteiger partial charge in [-0.05, 0) is 30.5 Å². The normalized spacial score (nSPS) is 12.5. The van der Waals surface area contributed by atoms with E-state index in [9.17, 15) is 0 Å². The molecule has 0 saturated heterocycles. The molecule has 0 radical (unpaired) electrons. The van der Waals surface area contributed by atoms with Gasteiger partial charge in [-0.1, -0.05) is 30.6 Å². The van der Waals surface area contributed by atoms with Crippen LogP contribution in [0.25, 0.3) is 0 Å². The number of ether oxygens (including phenoxy) is 1. The van der Waals surface area contributed by atoms with Crippen LogP contribution in [0, 0.1) is 0 Å². The SMILES string of the molecule is CCCC(OC)c1noc(CCc2ccc(N)cc2)n1. The van der Waals surface area contributed by atoms with Crippen molar-refractivity contribution in [2.24, 2.45) is 0 Å². The Labute approximate surface area is 119 Å². The molecule has 0 saturated carbocycles. The molecule has 1 aromatic heterocycles. The maximum Gasteiger partial charge on any atom is 0.227 e. The van der Waals surface area contributed by atoms with Gasteiger partial charge in [0.15, 0.2) is 0 Å². The van der Waals surface area contributed by atoms with Gasteiger partial charge in [-0.3, -0.25) is 0 Å². The molecule has 2 aromatic rings. The highest BCUT2D eigenvalue weighted by Gasteiger charge is 2.16. The minimum Gasteiger partial charge on any atom is -0.399 e. The van der Waals surface area contributed by atoms with Crippen molar-refractivity contribution in [3.63, 3.8) is 0 Å². The molecule has 0 spiro atoms. The van der Waals surface area contributed by atoms with Crippen LogP contribution in [0.2, 0.25) is 0 Å². The van der Waals surface area contributed by atoms with E-state index < -0.39 is 0 Å². The van der Waals surface area contributed by atoms with Crippen molar-refractivity contribution in [3.8, 4) is 0 Å². The van der Waals surface area contributed by atoms with E-state index in [0.29, 0.717) is 11.7 Å². The lowest BCUT2D eigenvalue weighted by Crippen LogP contribution is -2.03. The number of benzene rings is 1. The molecule has 108 valence electrons. The van der Waals surface area contributed by atoms with Crippen LogP contribution in [-0.4, -0.2) is 17.3 Å². The molecule has 1 heterocycles. The number of hydrogen-bond donors (Lipinski definition) is 1. The van der Waals surface area contributed by atoms with Crippen LogP contribution in [0.3, 0.4) is 0 Å². The predicted octanol–water partition coefficient (Wildman–Crippen LogP) is 2.92. The number of anilines is 1. The van der Waals surface area contributed by atoms with E-state index in [2.05, 4.69) is 17.1 Å². The smallest absolute Gasteiger partial charge is 0.227 e. The summed E-state index contributed by atoms with van der Waals surface area (Å²) in [5, 5.41) is 4.00. The van der Waals surface area contributed by atoms with E-state index in [0.717, 1.165) is 31.4 Å². The first kappa shape index (κ1) is 14.5. The van der Waals surface area contributed by atoms with Gasteiger partial charge in [-0.25, -0.2) is 0 Å². The van der Waals surface area contributed by atoms with E-state index in [1.807, 2.05) is 24.3 Å². The number of aromatic nitrogens is 2. The molecule has 0 bridgehead atoms. The van der Waals surface area contributed by atoms with Crippen LogP contribution >= 0.6 is 0 Å². The van der Waals surface area contributed by atoms with Gasteiger partial charge >= 0.3 is 0 Å². The number of nitrogens with two attached hydrogens (primary N) is 1. The van der Waals surface area contributed by atoms with Gasteiger partial charge in [-0.2, -0.15) is 4.98 Å². The Morgan fingerprint density at radius 1 is 1.25 bits per heavy atom. The highest BCUT2D eigenvalue weighted by atomic mass is 16.5. The molecule has 0 aliphatic heterocycles. The molecule has 0 amide bonds. The average molecular weight is 275 g/mol. The van der Waals surface area contributed by atoms with Crippen LogP contribution in [0.5, 0.6) is 0 Å². The van der Waals surface area contributed by atoms with E-state index in [1.165, 1.54) is 5.56 Å². The Morgan fingerprint density at radius 3 is 2.65 bits per heavy atom. The second-order valence-electron chi connectivity index (χ2n) is 4.80. The summed E-state index contributed by atoms with van der Waals surface area (Å²) in [4.78, 5) is 4.41. The van der Waals surface area contributed by atoms with Crippen molar-refractivity contribution in [2.75, 3.05) is 12.8 Å². The Balaban J connectivity index is 1.93. The van der Waals surface area contributed by atoms with Crippen molar-refractivity contribution in [1.29, 1.82) is 0 Å². The Bertz CT molecular complexity index is 522. The number of methoxy groups -OCH3 is 1. The third-order valence-corrected chi connectivity index (χ3v) is 3.21. The van der Waals surface area contributed by atoms with E-state index in [4.69, 9.17) is 15.0 Å². The molecule has 2 N–H and O–H groups in total. The fourth-order valence-electron chi connectivity index (χ4n) is 2.05. The summed E-state index contributed by atoms with van der Waals surface area (Å²) in [6.45, 7) is 2.11. The fourth-order valence-corrected chi connectivity index (χ4v) is 2.05. The summed E-state index contributed by atoms with van der Waals surface area (Å²) in [6.07, 6.45) is 3.42. The molecule has 5 heteroatoms. The average Bonchev–Trinajstić information content (AvgIpc) is 2.93. The first-order valence-corrected chi connectivity index (χ1v) is 6.92. The lowest BCUT2D eigenvalue weighted by molar-refractivity contribution is 0.0854. The topological polar surface area (TPSA) is 74.2 Å². The van der Waals surface area contributed by atoms with Crippen molar-refractivity contribution >= 4 is 5.69 Å². The zero-order valence-electron chi connectivity index (χ0n) is 12.0. The second-order valence-corrected chi connectivity index (χ2v) is 4.80. The maximum atomic E-state index is 5.66. The standard InChI is InChI=1S/C15H21N3O2/c1-3-4-13(19-2)15-17-14(20-18-15)10-7-11-5-8-12(16)9-6-11/h5-6,8-9,13H,3-4,7,10,16H2,1-2H3. The van der Waals surface area contributed by atoms with E-state index >= 15 is 0 Å². The summed E-state index contributed by atoms with van der Waals surface area (Å²) in [6, 6.07) is 7.83. The number of hydrogen-bond acceptors (Lipinski definition) is 5. The van der Waals surface area contributed by atoms with Crippen LogP contribution in [-0.2, 0) is 17.6 Å². The summed E-state index contributed by atoms with van der Waals surface area (Å²) in [5.74, 6) is 1.29. The Kier molecular flexibility index (Phi) is 5.12. The Morgan fingerprint density at radius 2 is 2.00 bits per heavy atom. The van der Waals surface area contributed by atoms with E-state index in [1.54, 1.807) is 7.11 Å². The lowest BCUT2D eigenvalue weighted by Gasteiger charge is -2.08. The highest BCUT2D eigenvalue weighted by molar-refractivity contribution is 5.39. The number of nitrogen functional groups attached to an aromatic ring is 1. The monoisotopic (exact) mass is 275 g/mol. The third-order valence-electron chi connectivity index (χ3n) is 3.21. The number of rotatable bonds is 7. The molecule has 1 atom stereocenters. The van der Waals surface area contributed by atoms with Gasteiger partial charge in [0.2, 0.25) is 11.7 Å². The van der Waals surface area contributed by atoms with Gasteiger partial charge in [-0.15, -0.1) is 0 Å². The molecule has 0 aliphatic rings. The predicted molar refractivity (Wildman–Crippen MR) is 77.2 cm³/mol. The summed E-state index contributed by atoms with van der Waals surface area (Å²) >= 11 is 0. The summed E-state index contributed by atoms with van der Waals surface area (Å²) in [7, 11) is 1.67. The summed E-state index contributed by atoms with van der Waals surface area (Å²) in [5.41, 5.74) is 7.64. The van der Waals surface area contributed by atoms with Gasteiger partial charge in [0.05, 0.1) is 0 Å². The highest BCUT2D eigenvalue weighted by Crippen LogP contribution is 2.19. The molecule has 1 unspecified atom stereocenters. The molecule has 0 fully saturated rings. The second kappa shape index (κ2) is 7.05.